The van der Waals surface area contributed by atoms with Crippen molar-refractivity contribution in [3.8, 4) is 0 Å². The average molecular weight is 1060 g/mol. The fourth-order valence-corrected chi connectivity index (χ4v) is 10.2. The smallest absolute Gasteiger partial charge is 0.268 e. The lowest BCUT2D eigenvalue weighted by molar-refractivity contribution is -0.870. The third kappa shape index (κ3) is 58.1. The summed E-state index contributed by atoms with van der Waals surface area (Å²) in [4.78, 5) is 25.5. The van der Waals surface area contributed by atoms with E-state index in [1.165, 1.54) is 244 Å². The van der Waals surface area contributed by atoms with Crippen LogP contribution in [0.3, 0.4) is 0 Å². The van der Waals surface area contributed by atoms with E-state index in [9.17, 15) is 19.4 Å². The van der Waals surface area contributed by atoms with Gasteiger partial charge >= 0.3 is 0 Å². The average Bonchev–Trinajstić information content (AvgIpc) is 3.36. The van der Waals surface area contributed by atoms with Gasteiger partial charge in [0, 0.05) is 6.42 Å². The van der Waals surface area contributed by atoms with Crippen LogP contribution in [0.4, 0.5) is 0 Å². The van der Waals surface area contributed by atoms with Crippen molar-refractivity contribution in [2.24, 2.45) is 0 Å². The number of allylic oxidation sites excluding steroid dienone is 7. The predicted octanol–water partition coefficient (Wildman–Crippen LogP) is 19.2. The van der Waals surface area contributed by atoms with Gasteiger partial charge in [0.25, 0.3) is 7.82 Å². The Morgan fingerprint density at radius 2 is 0.757 bits per heavy atom. The largest absolute Gasteiger partial charge is 0.756 e. The van der Waals surface area contributed by atoms with Crippen LogP contribution < -0.4 is 10.2 Å². The molecule has 0 heterocycles. The number of hydrogen-bond acceptors (Lipinski definition) is 6. The first-order chi connectivity index (χ1) is 36.0. The quantitative estimate of drug-likeness (QED) is 0.0272. The molecule has 3 atom stereocenters. The zero-order valence-corrected chi connectivity index (χ0v) is 50.7. The van der Waals surface area contributed by atoms with E-state index in [4.69, 9.17) is 9.05 Å². The van der Waals surface area contributed by atoms with Gasteiger partial charge < -0.3 is 28.8 Å². The standard InChI is InChI=1S/C65H125N2O6P/c1-6-8-10-12-14-16-18-20-22-24-26-28-29-30-31-32-33-34-35-36-37-39-41-43-45-47-49-51-53-55-57-59-65(69)66-63(62-73-74(70,71)72-61-60-67(3,4)5)64(68)58-56-54-52-50-48-46-44-42-40-38-27-25-23-21-19-17-15-13-11-9-7-2/h30-31,40,42,48,50,56,58,63-64,68H,6-29,32-39,41,43-47,49,51-55,57,59-62H2,1-5H3,(H-,66,69,70,71)/b31-30-,42-40+,50-48+,58-56+. The summed E-state index contributed by atoms with van der Waals surface area (Å²) in [6.45, 7) is 4.66. The van der Waals surface area contributed by atoms with E-state index in [0.29, 0.717) is 17.4 Å². The molecule has 0 spiro atoms. The van der Waals surface area contributed by atoms with Crippen LogP contribution in [0.25, 0.3) is 0 Å². The molecule has 74 heavy (non-hydrogen) atoms. The van der Waals surface area contributed by atoms with Crippen LogP contribution >= 0.6 is 7.82 Å². The van der Waals surface area contributed by atoms with Crippen molar-refractivity contribution >= 4 is 13.7 Å². The number of unbranched alkanes of at least 4 members (excludes halogenated alkanes) is 40. The summed E-state index contributed by atoms with van der Waals surface area (Å²) in [5, 5.41) is 13.9. The van der Waals surface area contributed by atoms with Gasteiger partial charge in [-0.05, 0) is 70.6 Å². The second-order valence-corrected chi connectivity index (χ2v) is 24.5. The highest BCUT2D eigenvalue weighted by Gasteiger charge is 2.23. The number of carbonyl (C=O) groups excluding carboxylic acids is 1. The summed E-state index contributed by atoms with van der Waals surface area (Å²) in [6.07, 6.45) is 75.0. The molecule has 9 heteroatoms. The lowest BCUT2D eigenvalue weighted by atomic mass is 10.0. The van der Waals surface area contributed by atoms with Crippen LogP contribution in [0.15, 0.2) is 48.6 Å². The second kappa shape index (κ2) is 56.2. The molecule has 8 nitrogen and oxygen atoms in total. The molecular weight excluding hydrogens is 936 g/mol. The Bertz CT molecular complexity index is 1340. The lowest BCUT2D eigenvalue weighted by Crippen LogP contribution is -2.45. The van der Waals surface area contributed by atoms with Gasteiger partial charge in [0.15, 0.2) is 0 Å². The van der Waals surface area contributed by atoms with Crippen LogP contribution in [-0.2, 0) is 18.4 Å². The Labute approximate surface area is 460 Å². The number of rotatable bonds is 59. The number of aliphatic hydroxyl groups excluding tert-OH is 1. The van der Waals surface area contributed by atoms with Crippen molar-refractivity contribution in [3.05, 3.63) is 48.6 Å². The first-order valence-electron chi connectivity index (χ1n) is 32.0. The van der Waals surface area contributed by atoms with Gasteiger partial charge in [0.1, 0.15) is 13.2 Å². The summed E-state index contributed by atoms with van der Waals surface area (Å²) in [7, 11) is 1.24. The molecule has 0 aliphatic carbocycles. The van der Waals surface area contributed by atoms with E-state index in [-0.39, 0.29) is 12.5 Å². The first-order valence-corrected chi connectivity index (χ1v) is 33.5. The number of aliphatic hydroxyl groups is 1. The van der Waals surface area contributed by atoms with Gasteiger partial charge in [0.2, 0.25) is 5.91 Å². The minimum atomic E-state index is -4.61. The molecule has 2 N–H and O–H groups in total. The first kappa shape index (κ1) is 72.5. The number of phosphoric ester groups is 1. The Kier molecular flexibility index (Phi) is 55.0. The third-order valence-corrected chi connectivity index (χ3v) is 15.5. The molecule has 0 saturated heterocycles. The number of amides is 1. The highest BCUT2D eigenvalue weighted by Crippen LogP contribution is 2.38. The van der Waals surface area contributed by atoms with Gasteiger partial charge in [-0.15, -0.1) is 0 Å². The van der Waals surface area contributed by atoms with Gasteiger partial charge in [-0.2, -0.15) is 0 Å². The molecule has 0 saturated carbocycles. The molecule has 0 fully saturated rings. The van der Waals surface area contributed by atoms with Crippen LogP contribution in [0.2, 0.25) is 0 Å². The van der Waals surface area contributed by atoms with E-state index in [0.717, 1.165) is 44.9 Å². The van der Waals surface area contributed by atoms with E-state index < -0.39 is 26.6 Å². The Morgan fingerprint density at radius 3 is 1.09 bits per heavy atom. The fourth-order valence-electron chi connectivity index (χ4n) is 9.48. The van der Waals surface area contributed by atoms with E-state index in [1.54, 1.807) is 6.08 Å². The summed E-state index contributed by atoms with van der Waals surface area (Å²) >= 11 is 0. The number of nitrogens with zero attached hydrogens (tertiary/aromatic N) is 1. The third-order valence-electron chi connectivity index (χ3n) is 14.5. The molecule has 0 aromatic carbocycles. The van der Waals surface area contributed by atoms with E-state index >= 15 is 0 Å². The SMILES string of the molecule is CCCCCCCCCCCCC/C=C/CC/C=C/CC/C=C/C(O)C(COP(=O)([O-])OCC[N+](C)(C)C)NC(=O)CCCCCCCCCCCCCCCCC/C=C\CCCCCCCCCCCCCC. The van der Waals surface area contributed by atoms with Crippen LogP contribution in [0, 0.1) is 0 Å². The van der Waals surface area contributed by atoms with E-state index in [1.807, 2.05) is 27.2 Å². The normalized spacial score (nSPS) is 14.1. The van der Waals surface area contributed by atoms with Gasteiger partial charge in [-0.1, -0.05) is 281 Å². The van der Waals surface area contributed by atoms with Crippen molar-refractivity contribution in [1.82, 2.24) is 5.32 Å². The highest BCUT2D eigenvalue weighted by molar-refractivity contribution is 7.45. The summed E-state index contributed by atoms with van der Waals surface area (Å²) in [6, 6.07) is -0.911. The summed E-state index contributed by atoms with van der Waals surface area (Å²) in [5.74, 6) is -0.207. The predicted molar refractivity (Wildman–Crippen MR) is 321 cm³/mol. The molecule has 0 aromatic rings. The van der Waals surface area contributed by atoms with Crippen molar-refractivity contribution in [2.45, 2.75) is 321 Å². The van der Waals surface area contributed by atoms with Crippen LogP contribution in [0.1, 0.15) is 309 Å². The van der Waals surface area contributed by atoms with Crippen molar-refractivity contribution < 1.29 is 32.9 Å². The van der Waals surface area contributed by atoms with Crippen LogP contribution in [0.5, 0.6) is 0 Å². The lowest BCUT2D eigenvalue weighted by Gasteiger charge is -2.29. The fraction of sp³-hybridized carbons (Fsp3) is 0.862. The van der Waals surface area contributed by atoms with Crippen molar-refractivity contribution in [3.63, 3.8) is 0 Å². The zero-order chi connectivity index (χ0) is 54.2. The highest BCUT2D eigenvalue weighted by atomic mass is 31.2. The van der Waals surface area contributed by atoms with Crippen LogP contribution in [-0.4, -0.2) is 68.5 Å². The molecule has 3 unspecified atom stereocenters. The maximum absolute atomic E-state index is 13.0. The molecule has 436 valence electrons. The van der Waals surface area contributed by atoms with Crippen molar-refractivity contribution in [1.29, 1.82) is 0 Å². The number of carbonyl (C=O) groups is 1. The number of hydrogen-bond donors (Lipinski definition) is 2. The Morgan fingerprint density at radius 1 is 0.459 bits per heavy atom. The topological polar surface area (TPSA) is 108 Å². The Balaban J connectivity index is 4.13. The molecule has 0 aromatic heterocycles. The molecule has 0 aliphatic heterocycles. The monoisotopic (exact) mass is 1060 g/mol. The van der Waals surface area contributed by atoms with E-state index in [2.05, 4.69) is 55.6 Å². The van der Waals surface area contributed by atoms with Crippen molar-refractivity contribution in [2.75, 3.05) is 40.9 Å². The molecule has 0 bridgehead atoms. The number of nitrogens with one attached hydrogen (secondary N) is 1. The summed E-state index contributed by atoms with van der Waals surface area (Å²) < 4.78 is 23.4. The number of phosphoric acid groups is 1. The molecule has 0 radical (unpaired) electrons. The zero-order valence-electron chi connectivity index (χ0n) is 49.8. The van der Waals surface area contributed by atoms with Gasteiger partial charge in [-0.3, -0.25) is 9.36 Å². The minimum absolute atomic E-state index is 0.00866. The molecule has 0 rings (SSSR count). The number of quaternary nitrogens is 1. The maximum Gasteiger partial charge on any atom is 0.268 e. The minimum Gasteiger partial charge on any atom is -0.756 e. The molecular formula is C65H125N2O6P. The molecule has 1 amide bonds. The number of likely N-dealkylation sites (N-methyl/N-ethyl adjacent to an activating group) is 1. The second-order valence-electron chi connectivity index (χ2n) is 23.1. The van der Waals surface area contributed by atoms with Gasteiger partial charge in [0.05, 0.1) is 39.9 Å². The molecule has 0 aliphatic rings. The summed E-state index contributed by atoms with van der Waals surface area (Å²) in [5.41, 5.74) is 0. The Hall–Kier alpha value is -1.54. The van der Waals surface area contributed by atoms with Gasteiger partial charge in [-0.25, -0.2) is 0 Å². The maximum atomic E-state index is 13.0.